The third-order valence-electron chi connectivity index (χ3n) is 1.99. The summed E-state index contributed by atoms with van der Waals surface area (Å²) in [5, 5.41) is 2.61. The molecule has 3 nitrogen and oxygen atoms in total. The molecule has 1 N–H and O–H groups in total. The molecular weight excluding hydrogens is 256 g/mol. The van der Waals surface area contributed by atoms with Crippen molar-refractivity contribution in [3.63, 3.8) is 0 Å². The van der Waals surface area contributed by atoms with Gasteiger partial charge in [-0.1, -0.05) is 23.2 Å². The van der Waals surface area contributed by atoms with Crippen molar-refractivity contribution in [1.82, 2.24) is 0 Å². The lowest BCUT2D eigenvalue weighted by Crippen LogP contribution is -2.26. The molecule has 0 heterocycles. The van der Waals surface area contributed by atoms with Crippen molar-refractivity contribution in [2.24, 2.45) is 0 Å². The minimum Gasteiger partial charge on any atom is -0.372 e. The average Bonchev–Trinajstić information content (AvgIpc) is 2.24. The number of amides is 1. The summed E-state index contributed by atoms with van der Waals surface area (Å²) < 4.78 is 18.1. The topological polar surface area (TPSA) is 38.3 Å². The lowest BCUT2D eigenvalue weighted by Gasteiger charge is -2.11. The molecule has 16 heavy (non-hydrogen) atoms. The van der Waals surface area contributed by atoms with Crippen LogP contribution in [0.15, 0.2) is 12.1 Å². The maximum Gasteiger partial charge on any atom is 0.253 e. The van der Waals surface area contributed by atoms with E-state index in [1.807, 2.05) is 0 Å². The molecule has 1 amide bonds. The summed E-state index contributed by atoms with van der Waals surface area (Å²) in [6.45, 7) is 1.55. The fraction of sp³-hybridized carbons (Fsp3) is 0.300. The van der Waals surface area contributed by atoms with Crippen LogP contribution in [-0.2, 0) is 9.53 Å². The fourth-order valence-corrected chi connectivity index (χ4v) is 1.27. The van der Waals surface area contributed by atoms with Gasteiger partial charge in [0.05, 0.1) is 15.7 Å². The van der Waals surface area contributed by atoms with Crippen molar-refractivity contribution in [2.75, 3.05) is 12.4 Å². The number of nitrogens with one attached hydrogen (secondary N) is 1. The summed E-state index contributed by atoms with van der Waals surface area (Å²) in [4.78, 5) is 11.4. The number of ether oxygens (including phenoxy) is 1. The molecule has 0 radical (unpaired) electrons. The number of carbonyl (C=O) groups excluding carboxylic acids is 1. The van der Waals surface area contributed by atoms with Gasteiger partial charge in [-0.25, -0.2) is 4.39 Å². The van der Waals surface area contributed by atoms with Gasteiger partial charge in [-0.2, -0.15) is 0 Å². The summed E-state index contributed by atoms with van der Waals surface area (Å²) in [5.41, 5.74) is -0.0247. The lowest BCUT2D eigenvalue weighted by molar-refractivity contribution is -0.124. The highest BCUT2D eigenvalue weighted by Gasteiger charge is 2.15. The quantitative estimate of drug-likeness (QED) is 0.853. The molecule has 0 spiro atoms. The van der Waals surface area contributed by atoms with Crippen molar-refractivity contribution in [1.29, 1.82) is 0 Å². The van der Waals surface area contributed by atoms with Gasteiger partial charge in [-0.15, -0.1) is 0 Å². The van der Waals surface area contributed by atoms with Crippen LogP contribution in [0.2, 0.25) is 10.0 Å². The molecule has 1 atom stereocenters. The number of benzene rings is 1. The molecule has 0 fully saturated rings. The van der Waals surface area contributed by atoms with Gasteiger partial charge < -0.3 is 10.1 Å². The zero-order valence-electron chi connectivity index (χ0n) is 8.68. The summed E-state index contributed by atoms with van der Waals surface area (Å²) >= 11 is 11.3. The first kappa shape index (κ1) is 13.2. The van der Waals surface area contributed by atoms with E-state index in [-0.39, 0.29) is 15.7 Å². The minimum absolute atomic E-state index is 0.0247. The van der Waals surface area contributed by atoms with Crippen LogP contribution in [0.4, 0.5) is 10.1 Å². The SMILES string of the molecule is CO[C@@H](C)C(=O)Nc1cc(Cl)c(Cl)cc1F. The van der Waals surface area contributed by atoms with Crippen molar-refractivity contribution >= 4 is 34.8 Å². The van der Waals surface area contributed by atoms with Crippen molar-refractivity contribution in [3.05, 3.63) is 28.0 Å². The monoisotopic (exact) mass is 265 g/mol. The zero-order chi connectivity index (χ0) is 12.3. The summed E-state index contributed by atoms with van der Waals surface area (Å²) in [6, 6.07) is 2.29. The highest BCUT2D eigenvalue weighted by Crippen LogP contribution is 2.28. The van der Waals surface area contributed by atoms with E-state index >= 15 is 0 Å². The minimum atomic E-state index is -0.672. The van der Waals surface area contributed by atoms with Gasteiger partial charge >= 0.3 is 0 Å². The standard InChI is InChI=1S/C10H10Cl2FNO2/c1-5(16-2)10(15)14-9-4-7(12)6(11)3-8(9)13/h3-5H,1-2H3,(H,14,15)/t5-/m0/s1. The van der Waals surface area contributed by atoms with E-state index in [1.165, 1.54) is 13.2 Å². The Bertz CT molecular complexity index is 412. The van der Waals surface area contributed by atoms with Crippen molar-refractivity contribution < 1.29 is 13.9 Å². The molecule has 0 aromatic heterocycles. The van der Waals surface area contributed by atoms with Gasteiger partial charge in [0.1, 0.15) is 11.9 Å². The summed E-state index contributed by atoms with van der Waals surface area (Å²) in [7, 11) is 1.38. The van der Waals surface area contributed by atoms with Crippen LogP contribution in [0.5, 0.6) is 0 Å². The third-order valence-corrected chi connectivity index (χ3v) is 2.71. The van der Waals surface area contributed by atoms with Crippen LogP contribution < -0.4 is 5.32 Å². The van der Waals surface area contributed by atoms with E-state index in [2.05, 4.69) is 5.32 Å². The number of halogens is 3. The smallest absolute Gasteiger partial charge is 0.253 e. The predicted octanol–water partition coefficient (Wildman–Crippen LogP) is 3.11. The normalized spacial score (nSPS) is 12.3. The first-order valence-corrected chi connectivity index (χ1v) is 5.19. The Morgan fingerprint density at radius 2 is 2.00 bits per heavy atom. The van der Waals surface area contributed by atoms with Crippen LogP contribution >= 0.6 is 23.2 Å². The van der Waals surface area contributed by atoms with E-state index < -0.39 is 17.8 Å². The number of anilines is 1. The average molecular weight is 266 g/mol. The van der Waals surface area contributed by atoms with Crippen molar-refractivity contribution in [3.8, 4) is 0 Å². The molecule has 0 unspecified atom stereocenters. The molecule has 0 aliphatic carbocycles. The predicted molar refractivity (Wildman–Crippen MR) is 61.5 cm³/mol. The Kier molecular flexibility index (Phi) is 4.53. The molecular formula is C10H10Cl2FNO2. The van der Waals surface area contributed by atoms with Crippen LogP contribution in [0.25, 0.3) is 0 Å². The first-order valence-electron chi connectivity index (χ1n) is 4.44. The maximum absolute atomic E-state index is 13.4. The van der Waals surface area contributed by atoms with Gasteiger partial charge in [-0.05, 0) is 19.1 Å². The molecule has 1 aromatic rings. The molecule has 0 saturated carbocycles. The number of methoxy groups -OCH3 is 1. The van der Waals surface area contributed by atoms with Crippen LogP contribution in [0.1, 0.15) is 6.92 Å². The second kappa shape index (κ2) is 5.48. The molecule has 0 aliphatic heterocycles. The van der Waals surface area contributed by atoms with Gasteiger partial charge in [0.25, 0.3) is 5.91 Å². The number of carbonyl (C=O) groups is 1. The van der Waals surface area contributed by atoms with Crippen molar-refractivity contribution in [2.45, 2.75) is 13.0 Å². The molecule has 0 aliphatic rings. The maximum atomic E-state index is 13.4. The van der Waals surface area contributed by atoms with E-state index in [0.717, 1.165) is 6.07 Å². The highest BCUT2D eigenvalue weighted by molar-refractivity contribution is 6.42. The van der Waals surface area contributed by atoms with E-state index in [9.17, 15) is 9.18 Å². The van der Waals surface area contributed by atoms with Gasteiger partial charge in [0.15, 0.2) is 0 Å². The number of hydrogen-bond donors (Lipinski definition) is 1. The Balaban J connectivity index is 2.90. The largest absolute Gasteiger partial charge is 0.372 e. The first-order chi connectivity index (χ1) is 7.45. The van der Waals surface area contributed by atoms with Gasteiger partial charge in [-0.3, -0.25) is 4.79 Å². The molecule has 6 heteroatoms. The summed E-state index contributed by atoms with van der Waals surface area (Å²) in [5.74, 6) is -1.11. The Morgan fingerprint density at radius 1 is 1.44 bits per heavy atom. The van der Waals surface area contributed by atoms with Crippen LogP contribution in [0, 0.1) is 5.82 Å². The molecule has 0 saturated heterocycles. The second-order valence-electron chi connectivity index (χ2n) is 3.11. The number of hydrogen-bond acceptors (Lipinski definition) is 2. The molecule has 1 rings (SSSR count). The molecule has 1 aromatic carbocycles. The number of rotatable bonds is 3. The van der Waals surface area contributed by atoms with Gasteiger partial charge in [0.2, 0.25) is 0 Å². The highest BCUT2D eigenvalue weighted by atomic mass is 35.5. The van der Waals surface area contributed by atoms with E-state index in [4.69, 9.17) is 27.9 Å². The van der Waals surface area contributed by atoms with Crippen LogP contribution in [-0.4, -0.2) is 19.1 Å². The lowest BCUT2D eigenvalue weighted by atomic mass is 10.3. The third kappa shape index (κ3) is 3.07. The molecule has 0 bridgehead atoms. The van der Waals surface area contributed by atoms with E-state index in [0.29, 0.717) is 0 Å². The van der Waals surface area contributed by atoms with Crippen LogP contribution in [0.3, 0.4) is 0 Å². The molecule has 88 valence electrons. The van der Waals surface area contributed by atoms with Gasteiger partial charge in [0, 0.05) is 7.11 Å². The zero-order valence-corrected chi connectivity index (χ0v) is 10.2. The Labute approximate surface area is 102 Å². The summed E-state index contributed by atoms with van der Waals surface area (Å²) in [6.07, 6.45) is -0.672. The Hall–Kier alpha value is -0.840. The fourth-order valence-electron chi connectivity index (χ4n) is 0.960. The second-order valence-corrected chi connectivity index (χ2v) is 3.93. The van der Waals surface area contributed by atoms with E-state index in [1.54, 1.807) is 6.92 Å². The Morgan fingerprint density at radius 3 is 2.56 bits per heavy atom.